The SMILES string of the molecule is OCc1ccc(-c2nc3cccnn3c2-c2ccccc2)cc1. The average molecular weight is 301 g/mol. The number of imidazole rings is 1. The number of hydrogen-bond donors (Lipinski definition) is 1. The molecule has 0 bridgehead atoms. The Morgan fingerprint density at radius 2 is 1.61 bits per heavy atom. The lowest BCUT2D eigenvalue weighted by Crippen LogP contribution is -1.93. The summed E-state index contributed by atoms with van der Waals surface area (Å²) in [7, 11) is 0. The fourth-order valence-corrected chi connectivity index (χ4v) is 2.71. The molecule has 4 nitrogen and oxygen atoms in total. The summed E-state index contributed by atoms with van der Waals surface area (Å²) in [6.45, 7) is 0.0402. The summed E-state index contributed by atoms with van der Waals surface area (Å²) in [5.74, 6) is 0. The van der Waals surface area contributed by atoms with Crippen molar-refractivity contribution in [2.45, 2.75) is 6.61 Å². The van der Waals surface area contributed by atoms with Gasteiger partial charge < -0.3 is 5.11 Å². The third-order valence-corrected chi connectivity index (χ3v) is 3.85. The van der Waals surface area contributed by atoms with Crippen LogP contribution in [0.15, 0.2) is 72.9 Å². The fourth-order valence-electron chi connectivity index (χ4n) is 2.71. The molecule has 2 aromatic heterocycles. The van der Waals surface area contributed by atoms with Gasteiger partial charge in [-0.25, -0.2) is 9.50 Å². The van der Waals surface area contributed by atoms with Gasteiger partial charge in [-0.05, 0) is 17.7 Å². The van der Waals surface area contributed by atoms with Crippen LogP contribution in [0.2, 0.25) is 0 Å². The van der Waals surface area contributed by atoms with Gasteiger partial charge in [0.2, 0.25) is 0 Å². The molecule has 4 aromatic rings. The van der Waals surface area contributed by atoms with Crippen LogP contribution in [0.3, 0.4) is 0 Å². The summed E-state index contributed by atoms with van der Waals surface area (Å²) in [5.41, 5.74) is 5.63. The van der Waals surface area contributed by atoms with Crippen molar-refractivity contribution in [3.8, 4) is 22.5 Å². The summed E-state index contributed by atoms with van der Waals surface area (Å²) >= 11 is 0. The van der Waals surface area contributed by atoms with E-state index < -0.39 is 0 Å². The molecule has 0 aliphatic carbocycles. The van der Waals surface area contributed by atoms with E-state index in [-0.39, 0.29) is 6.61 Å². The van der Waals surface area contributed by atoms with Gasteiger partial charge in [0, 0.05) is 17.3 Å². The van der Waals surface area contributed by atoms with Crippen molar-refractivity contribution in [1.82, 2.24) is 14.6 Å². The molecule has 0 aliphatic rings. The Balaban J connectivity index is 1.98. The van der Waals surface area contributed by atoms with Gasteiger partial charge in [0.25, 0.3) is 0 Å². The van der Waals surface area contributed by atoms with Crippen LogP contribution >= 0.6 is 0 Å². The Labute approximate surface area is 133 Å². The summed E-state index contributed by atoms with van der Waals surface area (Å²) in [5, 5.41) is 13.7. The highest BCUT2D eigenvalue weighted by molar-refractivity contribution is 5.81. The maximum Gasteiger partial charge on any atom is 0.154 e. The van der Waals surface area contributed by atoms with Crippen LogP contribution in [0.4, 0.5) is 0 Å². The topological polar surface area (TPSA) is 50.4 Å². The van der Waals surface area contributed by atoms with E-state index in [0.29, 0.717) is 0 Å². The zero-order chi connectivity index (χ0) is 15.6. The smallest absolute Gasteiger partial charge is 0.154 e. The van der Waals surface area contributed by atoms with Gasteiger partial charge >= 0.3 is 0 Å². The number of hydrogen-bond acceptors (Lipinski definition) is 3. The molecule has 0 unspecified atom stereocenters. The number of aliphatic hydroxyl groups is 1. The van der Waals surface area contributed by atoms with Gasteiger partial charge in [-0.2, -0.15) is 5.10 Å². The lowest BCUT2D eigenvalue weighted by molar-refractivity contribution is 0.282. The lowest BCUT2D eigenvalue weighted by atomic mass is 10.0. The molecule has 0 atom stereocenters. The standard InChI is InChI=1S/C19H15N3O/c23-13-14-8-10-15(11-9-14)18-19(16-5-2-1-3-6-16)22-17(21-18)7-4-12-20-22/h1-12,23H,13H2. The first-order valence-electron chi connectivity index (χ1n) is 7.46. The Bertz CT molecular complexity index is 943. The summed E-state index contributed by atoms with van der Waals surface area (Å²) in [6.07, 6.45) is 1.76. The van der Waals surface area contributed by atoms with Gasteiger partial charge in [-0.1, -0.05) is 54.6 Å². The first-order valence-corrected chi connectivity index (χ1v) is 7.46. The second-order valence-corrected chi connectivity index (χ2v) is 5.32. The van der Waals surface area contributed by atoms with E-state index in [9.17, 15) is 5.11 Å². The van der Waals surface area contributed by atoms with Gasteiger partial charge in [0.05, 0.1) is 12.3 Å². The normalized spacial score (nSPS) is 11.0. The minimum atomic E-state index is 0.0402. The molecule has 23 heavy (non-hydrogen) atoms. The molecule has 1 N–H and O–H groups in total. The quantitative estimate of drug-likeness (QED) is 0.629. The maximum absolute atomic E-state index is 9.22. The molecule has 4 heteroatoms. The lowest BCUT2D eigenvalue weighted by Gasteiger charge is -2.05. The zero-order valence-corrected chi connectivity index (χ0v) is 12.4. The maximum atomic E-state index is 9.22. The van der Waals surface area contributed by atoms with Crippen molar-refractivity contribution >= 4 is 5.65 Å². The second-order valence-electron chi connectivity index (χ2n) is 5.32. The van der Waals surface area contributed by atoms with E-state index in [4.69, 9.17) is 4.98 Å². The Morgan fingerprint density at radius 1 is 0.826 bits per heavy atom. The van der Waals surface area contributed by atoms with Crippen molar-refractivity contribution < 1.29 is 5.11 Å². The zero-order valence-electron chi connectivity index (χ0n) is 12.4. The van der Waals surface area contributed by atoms with Crippen LogP contribution in [0.25, 0.3) is 28.2 Å². The van der Waals surface area contributed by atoms with E-state index >= 15 is 0 Å². The van der Waals surface area contributed by atoms with Crippen LogP contribution < -0.4 is 0 Å². The van der Waals surface area contributed by atoms with E-state index in [1.165, 1.54) is 0 Å². The first-order chi connectivity index (χ1) is 11.4. The Hall–Kier alpha value is -2.98. The minimum Gasteiger partial charge on any atom is -0.392 e. The van der Waals surface area contributed by atoms with E-state index in [0.717, 1.165) is 33.7 Å². The Morgan fingerprint density at radius 3 is 2.35 bits per heavy atom. The molecule has 0 fully saturated rings. The number of aliphatic hydroxyl groups excluding tert-OH is 1. The van der Waals surface area contributed by atoms with Crippen LogP contribution in [0, 0.1) is 0 Å². The molecule has 0 radical (unpaired) electrons. The molecule has 0 aliphatic heterocycles. The van der Waals surface area contributed by atoms with Gasteiger partial charge in [-0.3, -0.25) is 0 Å². The average Bonchev–Trinajstić information content (AvgIpc) is 3.02. The van der Waals surface area contributed by atoms with Crippen LogP contribution in [0.1, 0.15) is 5.56 Å². The fraction of sp³-hybridized carbons (Fsp3) is 0.0526. The predicted molar refractivity (Wildman–Crippen MR) is 89.8 cm³/mol. The molecule has 4 rings (SSSR count). The molecular weight excluding hydrogens is 286 g/mol. The highest BCUT2D eigenvalue weighted by Crippen LogP contribution is 2.32. The Kier molecular flexibility index (Phi) is 3.37. The third-order valence-electron chi connectivity index (χ3n) is 3.85. The van der Waals surface area contributed by atoms with Gasteiger partial charge in [-0.15, -0.1) is 0 Å². The van der Waals surface area contributed by atoms with Crippen LogP contribution in [-0.4, -0.2) is 19.7 Å². The van der Waals surface area contributed by atoms with E-state index in [1.807, 2.05) is 59.1 Å². The second kappa shape index (κ2) is 5.66. The van der Waals surface area contributed by atoms with Crippen molar-refractivity contribution in [2.75, 3.05) is 0 Å². The molecule has 0 saturated heterocycles. The first kappa shape index (κ1) is 13.7. The van der Waals surface area contributed by atoms with Crippen molar-refractivity contribution in [3.63, 3.8) is 0 Å². The van der Waals surface area contributed by atoms with E-state index in [1.54, 1.807) is 6.20 Å². The van der Waals surface area contributed by atoms with Gasteiger partial charge in [0.1, 0.15) is 5.69 Å². The third kappa shape index (κ3) is 2.39. The number of nitrogens with zero attached hydrogens (tertiary/aromatic N) is 3. The van der Waals surface area contributed by atoms with Gasteiger partial charge in [0.15, 0.2) is 5.65 Å². The van der Waals surface area contributed by atoms with Crippen molar-refractivity contribution in [2.24, 2.45) is 0 Å². The van der Waals surface area contributed by atoms with Crippen LogP contribution in [-0.2, 0) is 6.61 Å². The molecule has 0 saturated carbocycles. The predicted octanol–water partition coefficient (Wildman–Crippen LogP) is 3.56. The highest BCUT2D eigenvalue weighted by Gasteiger charge is 2.16. The molecule has 0 amide bonds. The van der Waals surface area contributed by atoms with E-state index in [2.05, 4.69) is 17.2 Å². The highest BCUT2D eigenvalue weighted by atomic mass is 16.3. The minimum absolute atomic E-state index is 0.0402. The number of rotatable bonds is 3. The summed E-state index contributed by atoms with van der Waals surface area (Å²) in [4.78, 5) is 4.75. The molecule has 112 valence electrons. The molecule has 2 aromatic carbocycles. The number of fused-ring (bicyclic) bond motifs is 1. The molecule has 0 spiro atoms. The summed E-state index contributed by atoms with van der Waals surface area (Å²) in [6, 6.07) is 21.8. The monoisotopic (exact) mass is 301 g/mol. The summed E-state index contributed by atoms with van der Waals surface area (Å²) < 4.78 is 1.87. The van der Waals surface area contributed by atoms with Crippen LogP contribution in [0.5, 0.6) is 0 Å². The number of benzene rings is 2. The number of aromatic nitrogens is 3. The molecule has 2 heterocycles. The van der Waals surface area contributed by atoms with Crippen molar-refractivity contribution in [3.05, 3.63) is 78.5 Å². The van der Waals surface area contributed by atoms with Crippen molar-refractivity contribution in [1.29, 1.82) is 0 Å². The largest absolute Gasteiger partial charge is 0.392 e. The molecular formula is C19H15N3O.